The lowest BCUT2D eigenvalue weighted by molar-refractivity contribution is 0.385. The molecule has 1 unspecified atom stereocenters. The summed E-state index contributed by atoms with van der Waals surface area (Å²) in [6.07, 6.45) is 5.27. The number of sulfonamides is 1. The van der Waals surface area contributed by atoms with Gasteiger partial charge >= 0.3 is 0 Å². The average molecular weight is 280 g/mol. The normalized spacial score (nSPS) is 18.6. The van der Waals surface area contributed by atoms with Gasteiger partial charge in [0.1, 0.15) is 0 Å². The maximum atomic E-state index is 12.1. The van der Waals surface area contributed by atoms with Crippen molar-refractivity contribution in [3.8, 4) is 0 Å². The van der Waals surface area contributed by atoms with Gasteiger partial charge in [-0.25, -0.2) is 12.7 Å². The minimum Gasteiger partial charge on any atom is -0.313 e. The van der Waals surface area contributed by atoms with Crippen LogP contribution in [0.15, 0.2) is 0 Å². The summed E-state index contributed by atoms with van der Waals surface area (Å²) in [5, 5.41) is 3.25. The number of hydrogen-bond acceptors (Lipinski definition) is 4. The standard InChI is InChI=1S/C11H24N2O2S2/c1-4-11(9-16-3)13(2)17(14,15)8-7-12-10-5-6-10/h10-12H,4-9H2,1-3H3. The first-order valence-corrected chi connectivity index (χ1v) is 9.19. The molecular formula is C11H24N2O2S2. The smallest absolute Gasteiger partial charge is 0.215 e. The molecule has 4 nitrogen and oxygen atoms in total. The molecule has 0 aromatic rings. The van der Waals surface area contributed by atoms with Gasteiger partial charge in [-0.15, -0.1) is 0 Å². The largest absolute Gasteiger partial charge is 0.313 e. The van der Waals surface area contributed by atoms with Crippen molar-refractivity contribution in [1.82, 2.24) is 9.62 Å². The van der Waals surface area contributed by atoms with E-state index >= 15 is 0 Å². The molecule has 0 spiro atoms. The molecule has 0 aliphatic heterocycles. The predicted octanol–water partition coefficient (Wildman–Crippen LogP) is 1.14. The van der Waals surface area contributed by atoms with Crippen LogP contribution in [-0.4, -0.2) is 56.2 Å². The molecule has 0 amide bonds. The van der Waals surface area contributed by atoms with E-state index in [2.05, 4.69) is 5.32 Å². The topological polar surface area (TPSA) is 49.4 Å². The van der Waals surface area contributed by atoms with Crippen molar-refractivity contribution < 1.29 is 8.42 Å². The molecule has 1 aliphatic rings. The number of nitrogens with one attached hydrogen (secondary N) is 1. The zero-order valence-corrected chi connectivity index (χ0v) is 12.6. The Morgan fingerprint density at radius 2 is 2.12 bits per heavy atom. The van der Waals surface area contributed by atoms with Crippen molar-refractivity contribution >= 4 is 21.8 Å². The lowest BCUT2D eigenvalue weighted by Gasteiger charge is -2.26. The van der Waals surface area contributed by atoms with Crippen LogP contribution in [0, 0.1) is 0 Å². The lowest BCUT2D eigenvalue weighted by Crippen LogP contribution is -2.41. The molecule has 0 radical (unpaired) electrons. The number of hydrogen-bond donors (Lipinski definition) is 1. The van der Waals surface area contributed by atoms with Gasteiger partial charge in [-0.1, -0.05) is 6.92 Å². The van der Waals surface area contributed by atoms with E-state index in [0.717, 1.165) is 12.2 Å². The predicted molar refractivity (Wildman–Crippen MR) is 75.0 cm³/mol. The van der Waals surface area contributed by atoms with Crippen LogP contribution < -0.4 is 5.32 Å². The monoisotopic (exact) mass is 280 g/mol. The molecule has 102 valence electrons. The van der Waals surface area contributed by atoms with E-state index in [1.165, 1.54) is 12.8 Å². The van der Waals surface area contributed by atoms with E-state index < -0.39 is 10.0 Å². The maximum Gasteiger partial charge on any atom is 0.215 e. The fourth-order valence-corrected chi connectivity index (χ4v) is 4.00. The Kier molecular flexibility index (Phi) is 6.26. The summed E-state index contributed by atoms with van der Waals surface area (Å²) in [6, 6.07) is 0.694. The van der Waals surface area contributed by atoms with Crippen LogP contribution in [-0.2, 0) is 10.0 Å². The molecule has 1 aliphatic carbocycles. The molecule has 0 bridgehead atoms. The Labute approximate surface area is 110 Å². The second-order valence-electron chi connectivity index (χ2n) is 4.58. The quantitative estimate of drug-likeness (QED) is 0.688. The van der Waals surface area contributed by atoms with Crippen molar-refractivity contribution in [2.45, 2.75) is 38.3 Å². The Morgan fingerprint density at radius 3 is 2.59 bits per heavy atom. The third kappa shape index (κ3) is 5.16. The highest BCUT2D eigenvalue weighted by Gasteiger charge is 2.26. The summed E-state index contributed by atoms with van der Waals surface area (Å²) >= 11 is 1.70. The van der Waals surface area contributed by atoms with Gasteiger partial charge in [0.2, 0.25) is 10.0 Å². The Hall–Kier alpha value is 0.220. The van der Waals surface area contributed by atoms with Crippen LogP contribution >= 0.6 is 11.8 Å². The maximum absolute atomic E-state index is 12.1. The van der Waals surface area contributed by atoms with Crippen molar-refractivity contribution in [3.63, 3.8) is 0 Å². The fourth-order valence-electron chi connectivity index (χ4n) is 1.72. The molecule has 1 fully saturated rings. The zero-order chi connectivity index (χ0) is 12.9. The molecule has 1 rings (SSSR count). The highest BCUT2D eigenvalue weighted by molar-refractivity contribution is 7.98. The van der Waals surface area contributed by atoms with Crippen LogP contribution in [0.5, 0.6) is 0 Å². The summed E-state index contributed by atoms with van der Waals surface area (Å²) < 4.78 is 25.7. The highest BCUT2D eigenvalue weighted by Crippen LogP contribution is 2.18. The summed E-state index contributed by atoms with van der Waals surface area (Å²) in [7, 11) is -1.40. The van der Waals surface area contributed by atoms with Crippen LogP contribution in [0.1, 0.15) is 26.2 Å². The molecule has 1 atom stereocenters. The molecule has 0 heterocycles. The van der Waals surface area contributed by atoms with Gasteiger partial charge in [0.15, 0.2) is 0 Å². The second kappa shape index (κ2) is 6.97. The minimum absolute atomic E-state index is 0.121. The van der Waals surface area contributed by atoms with Gasteiger partial charge in [0.25, 0.3) is 0 Å². The SMILES string of the molecule is CCC(CSC)N(C)S(=O)(=O)CCNC1CC1. The zero-order valence-electron chi connectivity index (χ0n) is 11.0. The van der Waals surface area contributed by atoms with Crippen LogP contribution in [0.2, 0.25) is 0 Å². The van der Waals surface area contributed by atoms with Gasteiger partial charge < -0.3 is 5.32 Å². The van der Waals surface area contributed by atoms with E-state index in [9.17, 15) is 8.42 Å². The Morgan fingerprint density at radius 1 is 1.47 bits per heavy atom. The van der Waals surface area contributed by atoms with E-state index in [-0.39, 0.29) is 11.8 Å². The lowest BCUT2D eigenvalue weighted by atomic mass is 10.3. The first-order chi connectivity index (χ1) is 8.01. The Bertz CT molecular complexity index is 315. The first-order valence-electron chi connectivity index (χ1n) is 6.19. The second-order valence-corrected chi connectivity index (χ2v) is 7.64. The van der Waals surface area contributed by atoms with Gasteiger partial charge in [-0.2, -0.15) is 11.8 Å². The van der Waals surface area contributed by atoms with Gasteiger partial charge in [0, 0.05) is 31.4 Å². The van der Waals surface area contributed by atoms with Gasteiger partial charge in [-0.05, 0) is 25.5 Å². The molecule has 0 aromatic heterocycles. The summed E-state index contributed by atoms with van der Waals surface area (Å²) in [5.74, 6) is 1.08. The Balaban J connectivity index is 2.41. The van der Waals surface area contributed by atoms with Crippen molar-refractivity contribution in [1.29, 1.82) is 0 Å². The van der Waals surface area contributed by atoms with Gasteiger partial charge in [0.05, 0.1) is 5.75 Å². The third-order valence-corrected chi connectivity index (χ3v) is 5.77. The number of nitrogens with zero attached hydrogens (tertiary/aromatic N) is 1. The van der Waals surface area contributed by atoms with Crippen LogP contribution in [0.3, 0.4) is 0 Å². The van der Waals surface area contributed by atoms with E-state index in [1.54, 1.807) is 23.1 Å². The fraction of sp³-hybridized carbons (Fsp3) is 1.00. The average Bonchev–Trinajstić information content (AvgIpc) is 3.08. The highest BCUT2D eigenvalue weighted by atomic mass is 32.2. The van der Waals surface area contributed by atoms with E-state index in [1.807, 2.05) is 13.2 Å². The number of thioether (sulfide) groups is 1. The summed E-state index contributed by atoms with van der Waals surface area (Å²) in [4.78, 5) is 0. The van der Waals surface area contributed by atoms with Crippen molar-refractivity contribution in [3.05, 3.63) is 0 Å². The first kappa shape index (κ1) is 15.3. The molecule has 17 heavy (non-hydrogen) atoms. The summed E-state index contributed by atoms with van der Waals surface area (Å²) in [5.41, 5.74) is 0. The molecular weight excluding hydrogens is 256 g/mol. The molecule has 1 N–H and O–H groups in total. The molecule has 0 aromatic carbocycles. The molecule has 6 heteroatoms. The number of rotatable bonds is 9. The molecule has 1 saturated carbocycles. The van der Waals surface area contributed by atoms with Crippen LogP contribution in [0.4, 0.5) is 0 Å². The summed E-state index contributed by atoms with van der Waals surface area (Å²) in [6.45, 7) is 2.61. The van der Waals surface area contributed by atoms with Gasteiger partial charge in [-0.3, -0.25) is 0 Å². The van der Waals surface area contributed by atoms with Crippen molar-refractivity contribution in [2.24, 2.45) is 0 Å². The molecule has 0 saturated heterocycles. The minimum atomic E-state index is -3.10. The third-order valence-electron chi connectivity index (χ3n) is 3.15. The van der Waals surface area contributed by atoms with E-state index in [4.69, 9.17) is 0 Å². The van der Waals surface area contributed by atoms with Crippen LogP contribution in [0.25, 0.3) is 0 Å². The van der Waals surface area contributed by atoms with Crippen molar-refractivity contribution in [2.75, 3.05) is 31.4 Å². The van der Waals surface area contributed by atoms with E-state index in [0.29, 0.717) is 12.6 Å².